The number of nitrogens with zero attached hydrogens (tertiary/aromatic N) is 1. The third-order valence-corrected chi connectivity index (χ3v) is 4.25. The van der Waals surface area contributed by atoms with Gasteiger partial charge < -0.3 is 5.32 Å². The van der Waals surface area contributed by atoms with E-state index in [0.717, 1.165) is 18.7 Å². The molecule has 0 bridgehead atoms. The van der Waals surface area contributed by atoms with E-state index in [1.54, 1.807) is 11.3 Å². The molecule has 2 aromatic rings. The SMILES string of the molecule is CNCCc1nc(-c2cc(C(C)C)ccc2C)cs1. The highest BCUT2D eigenvalue weighted by molar-refractivity contribution is 7.09. The molecule has 1 aromatic heterocycles. The second-order valence-corrected chi connectivity index (χ2v) is 6.15. The third-order valence-electron chi connectivity index (χ3n) is 3.34. The van der Waals surface area contributed by atoms with Crippen LogP contribution in [-0.4, -0.2) is 18.6 Å². The van der Waals surface area contributed by atoms with Crippen LogP contribution in [-0.2, 0) is 6.42 Å². The van der Waals surface area contributed by atoms with Crippen LogP contribution in [0.1, 0.15) is 35.9 Å². The Morgan fingerprint density at radius 2 is 2.11 bits per heavy atom. The summed E-state index contributed by atoms with van der Waals surface area (Å²) in [7, 11) is 1.98. The van der Waals surface area contributed by atoms with Crippen molar-refractivity contribution in [2.45, 2.75) is 33.1 Å². The zero-order valence-corrected chi connectivity index (χ0v) is 13.0. The molecule has 0 aliphatic rings. The minimum absolute atomic E-state index is 0.557. The van der Waals surface area contributed by atoms with Gasteiger partial charge in [-0.25, -0.2) is 4.98 Å². The first-order valence-corrected chi connectivity index (χ1v) is 7.69. The number of likely N-dealkylation sites (N-methyl/N-ethyl adjacent to an activating group) is 1. The van der Waals surface area contributed by atoms with Crippen LogP contribution in [0.4, 0.5) is 0 Å². The van der Waals surface area contributed by atoms with E-state index in [1.807, 2.05) is 7.05 Å². The van der Waals surface area contributed by atoms with Gasteiger partial charge in [-0.05, 0) is 37.1 Å². The molecular formula is C16H22N2S. The molecule has 19 heavy (non-hydrogen) atoms. The first-order valence-electron chi connectivity index (χ1n) is 6.81. The summed E-state index contributed by atoms with van der Waals surface area (Å²) in [5, 5.41) is 6.55. The number of rotatable bonds is 5. The molecule has 102 valence electrons. The van der Waals surface area contributed by atoms with Gasteiger partial charge in [0.05, 0.1) is 10.7 Å². The standard InChI is InChI=1S/C16H22N2S/c1-11(2)13-6-5-12(3)14(9-13)15-10-19-16(18-15)7-8-17-4/h5-6,9-11,17H,7-8H2,1-4H3. The van der Waals surface area contributed by atoms with Crippen LogP contribution in [0.15, 0.2) is 23.6 Å². The largest absolute Gasteiger partial charge is 0.319 e. The van der Waals surface area contributed by atoms with Crippen molar-refractivity contribution in [3.63, 3.8) is 0 Å². The van der Waals surface area contributed by atoms with Crippen molar-refractivity contribution in [1.29, 1.82) is 0 Å². The molecule has 0 amide bonds. The van der Waals surface area contributed by atoms with Crippen LogP contribution < -0.4 is 5.32 Å². The molecule has 0 unspecified atom stereocenters. The molecule has 0 atom stereocenters. The normalized spacial score (nSPS) is 11.2. The van der Waals surface area contributed by atoms with Crippen LogP contribution >= 0.6 is 11.3 Å². The molecule has 3 heteroatoms. The smallest absolute Gasteiger partial charge is 0.0945 e. The van der Waals surface area contributed by atoms with Crippen molar-refractivity contribution in [3.05, 3.63) is 39.7 Å². The van der Waals surface area contributed by atoms with E-state index >= 15 is 0 Å². The Bertz CT molecular complexity index is 543. The number of thiazole rings is 1. The Balaban J connectivity index is 2.30. The van der Waals surface area contributed by atoms with Gasteiger partial charge in [0.2, 0.25) is 0 Å². The second-order valence-electron chi connectivity index (χ2n) is 5.21. The van der Waals surface area contributed by atoms with E-state index in [2.05, 4.69) is 49.7 Å². The van der Waals surface area contributed by atoms with Crippen molar-refractivity contribution in [2.75, 3.05) is 13.6 Å². The summed E-state index contributed by atoms with van der Waals surface area (Å²) in [4.78, 5) is 4.76. The summed E-state index contributed by atoms with van der Waals surface area (Å²) >= 11 is 1.76. The lowest BCUT2D eigenvalue weighted by atomic mass is 9.97. The number of benzene rings is 1. The van der Waals surface area contributed by atoms with E-state index in [4.69, 9.17) is 4.98 Å². The number of hydrogen-bond donors (Lipinski definition) is 1. The van der Waals surface area contributed by atoms with Gasteiger partial charge >= 0.3 is 0 Å². The molecule has 0 saturated heterocycles. The van der Waals surface area contributed by atoms with Gasteiger partial charge in [-0.3, -0.25) is 0 Å². The van der Waals surface area contributed by atoms with Gasteiger partial charge in [-0.2, -0.15) is 0 Å². The fourth-order valence-corrected chi connectivity index (χ4v) is 2.85. The molecule has 0 aliphatic carbocycles. The maximum atomic E-state index is 4.76. The van der Waals surface area contributed by atoms with Crippen molar-refractivity contribution >= 4 is 11.3 Å². The number of aryl methyl sites for hydroxylation is 1. The van der Waals surface area contributed by atoms with Crippen LogP contribution in [0, 0.1) is 6.92 Å². The van der Waals surface area contributed by atoms with Gasteiger partial charge in [-0.1, -0.05) is 26.0 Å². The first-order chi connectivity index (χ1) is 9.11. The molecule has 0 aliphatic heterocycles. The lowest BCUT2D eigenvalue weighted by Gasteiger charge is -2.09. The van der Waals surface area contributed by atoms with E-state index in [9.17, 15) is 0 Å². The number of nitrogens with one attached hydrogen (secondary N) is 1. The lowest BCUT2D eigenvalue weighted by molar-refractivity contribution is 0.788. The van der Waals surface area contributed by atoms with Crippen molar-refractivity contribution in [1.82, 2.24) is 10.3 Å². The molecule has 0 radical (unpaired) electrons. The molecule has 0 fully saturated rings. The topological polar surface area (TPSA) is 24.9 Å². The zero-order valence-electron chi connectivity index (χ0n) is 12.2. The lowest BCUT2D eigenvalue weighted by Crippen LogP contribution is -2.09. The highest BCUT2D eigenvalue weighted by atomic mass is 32.1. The van der Waals surface area contributed by atoms with E-state index in [0.29, 0.717) is 5.92 Å². The molecular weight excluding hydrogens is 252 g/mol. The van der Waals surface area contributed by atoms with Gasteiger partial charge in [0.25, 0.3) is 0 Å². The number of hydrogen-bond acceptors (Lipinski definition) is 3. The predicted molar refractivity (Wildman–Crippen MR) is 84.0 cm³/mol. The summed E-state index contributed by atoms with van der Waals surface area (Å²) in [6.45, 7) is 7.60. The number of aromatic nitrogens is 1. The Morgan fingerprint density at radius 1 is 1.32 bits per heavy atom. The Kier molecular flexibility index (Phi) is 4.72. The molecule has 1 aromatic carbocycles. The summed E-state index contributed by atoms with van der Waals surface area (Å²) in [6.07, 6.45) is 1.00. The Labute approximate surface area is 119 Å². The first kappa shape index (κ1) is 14.2. The van der Waals surface area contributed by atoms with Gasteiger partial charge in [0.1, 0.15) is 0 Å². The van der Waals surface area contributed by atoms with Gasteiger partial charge in [0, 0.05) is 23.9 Å². The van der Waals surface area contributed by atoms with Crippen molar-refractivity contribution in [3.8, 4) is 11.3 Å². The fraction of sp³-hybridized carbons (Fsp3) is 0.438. The Morgan fingerprint density at radius 3 is 2.79 bits per heavy atom. The maximum absolute atomic E-state index is 4.76. The quantitative estimate of drug-likeness (QED) is 0.891. The fourth-order valence-electron chi connectivity index (χ4n) is 2.06. The minimum Gasteiger partial charge on any atom is -0.319 e. The Hall–Kier alpha value is -1.19. The summed E-state index contributed by atoms with van der Waals surface area (Å²) < 4.78 is 0. The molecule has 1 N–H and O–H groups in total. The minimum atomic E-state index is 0.557. The molecule has 0 spiro atoms. The highest BCUT2D eigenvalue weighted by Gasteiger charge is 2.09. The summed E-state index contributed by atoms with van der Waals surface area (Å²) in [5.41, 5.74) is 5.08. The average Bonchev–Trinajstić information content (AvgIpc) is 2.85. The predicted octanol–water partition coefficient (Wildman–Crippen LogP) is 4.00. The van der Waals surface area contributed by atoms with Crippen LogP contribution in [0.5, 0.6) is 0 Å². The van der Waals surface area contributed by atoms with Crippen LogP contribution in [0.25, 0.3) is 11.3 Å². The summed E-state index contributed by atoms with van der Waals surface area (Å²) in [6, 6.07) is 6.71. The molecule has 2 nitrogen and oxygen atoms in total. The van der Waals surface area contributed by atoms with Crippen molar-refractivity contribution in [2.24, 2.45) is 0 Å². The monoisotopic (exact) mass is 274 g/mol. The average molecular weight is 274 g/mol. The third kappa shape index (κ3) is 3.43. The molecule has 1 heterocycles. The highest BCUT2D eigenvalue weighted by Crippen LogP contribution is 2.28. The van der Waals surface area contributed by atoms with E-state index in [-0.39, 0.29) is 0 Å². The zero-order chi connectivity index (χ0) is 13.8. The van der Waals surface area contributed by atoms with Crippen LogP contribution in [0.3, 0.4) is 0 Å². The summed E-state index contributed by atoms with van der Waals surface area (Å²) in [5.74, 6) is 0.557. The molecule has 2 rings (SSSR count). The second kappa shape index (κ2) is 6.31. The maximum Gasteiger partial charge on any atom is 0.0945 e. The van der Waals surface area contributed by atoms with Gasteiger partial charge in [-0.15, -0.1) is 11.3 Å². The van der Waals surface area contributed by atoms with Crippen molar-refractivity contribution < 1.29 is 0 Å². The van der Waals surface area contributed by atoms with E-state index < -0.39 is 0 Å². The van der Waals surface area contributed by atoms with E-state index in [1.165, 1.54) is 21.7 Å². The van der Waals surface area contributed by atoms with Gasteiger partial charge in [0.15, 0.2) is 0 Å². The van der Waals surface area contributed by atoms with Crippen LogP contribution in [0.2, 0.25) is 0 Å². The molecule has 0 saturated carbocycles.